The van der Waals surface area contributed by atoms with Gasteiger partial charge in [0, 0.05) is 12.3 Å². The molecule has 0 heterocycles. The van der Waals surface area contributed by atoms with Gasteiger partial charge in [0.2, 0.25) is 0 Å². The highest BCUT2D eigenvalue weighted by atomic mass is 79.9. The molecule has 58 valence electrons. The molecule has 0 fully saturated rings. The molecule has 0 N–H and O–H groups in total. The Balaban J connectivity index is 3.12. The maximum Gasteiger partial charge on any atom is 0.307 e. The van der Waals surface area contributed by atoms with E-state index in [0.717, 1.165) is 18.2 Å². The summed E-state index contributed by atoms with van der Waals surface area (Å²) >= 11 is 3.29. The molecule has 0 radical (unpaired) electrons. The van der Waals surface area contributed by atoms with Crippen molar-refractivity contribution < 1.29 is 9.53 Å². The van der Waals surface area contributed by atoms with E-state index < -0.39 is 0 Å². The zero-order valence-corrected chi connectivity index (χ0v) is 7.56. The monoisotopic (exact) mass is 206 g/mol. The normalized spacial score (nSPS) is 10.2. The first-order valence-electron chi connectivity index (χ1n) is 3.15. The fraction of sp³-hybridized carbons (Fsp3) is 0.571. The lowest BCUT2D eigenvalue weighted by atomic mass is 10.3. The number of carbonyl (C=O) groups excluding carboxylic acids is 1. The van der Waals surface area contributed by atoms with Crippen LogP contribution < -0.4 is 0 Å². The van der Waals surface area contributed by atoms with Crippen LogP contribution in [0.25, 0.3) is 0 Å². The molecule has 3 heteroatoms. The number of hydrogen-bond acceptors (Lipinski definition) is 2. The fourth-order valence-corrected chi connectivity index (χ4v) is 0.731. The van der Waals surface area contributed by atoms with Crippen LogP contribution in [0.3, 0.4) is 0 Å². The molecular formula is C7H11BrO2. The lowest BCUT2D eigenvalue weighted by Crippen LogP contribution is -1.89. The average Bonchev–Trinajstić information content (AvgIpc) is 1.87. The second kappa shape index (κ2) is 6.81. The molecule has 0 spiro atoms. The van der Waals surface area contributed by atoms with Crippen molar-refractivity contribution in [3.8, 4) is 0 Å². The summed E-state index contributed by atoms with van der Waals surface area (Å²) in [6, 6.07) is 0. The molecule has 0 unspecified atom stereocenters. The van der Waals surface area contributed by atoms with Crippen LogP contribution in [0.2, 0.25) is 0 Å². The number of carbonyl (C=O) groups is 1. The van der Waals surface area contributed by atoms with E-state index in [0.29, 0.717) is 0 Å². The van der Waals surface area contributed by atoms with Crippen molar-refractivity contribution in [2.75, 3.05) is 5.33 Å². The van der Waals surface area contributed by atoms with Gasteiger partial charge in [0.25, 0.3) is 0 Å². The van der Waals surface area contributed by atoms with Crippen molar-refractivity contribution in [1.29, 1.82) is 0 Å². The van der Waals surface area contributed by atoms with E-state index in [9.17, 15) is 4.79 Å². The van der Waals surface area contributed by atoms with Crippen LogP contribution in [-0.2, 0) is 9.53 Å². The summed E-state index contributed by atoms with van der Waals surface area (Å²) in [6.45, 7) is 1.38. The predicted octanol–water partition coefficient (Wildman–Crippen LogP) is 2.24. The number of unbranched alkanes of at least 4 members (excludes halogenated alkanes) is 1. The third kappa shape index (κ3) is 7.69. The van der Waals surface area contributed by atoms with Gasteiger partial charge in [0.1, 0.15) is 0 Å². The van der Waals surface area contributed by atoms with Gasteiger partial charge in [0.15, 0.2) is 0 Å². The van der Waals surface area contributed by atoms with Crippen molar-refractivity contribution >= 4 is 21.9 Å². The first kappa shape index (κ1) is 9.69. The number of hydrogen-bond donors (Lipinski definition) is 0. The minimum atomic E-state index is -0.268. The van der Waals surface area contributed by atoms with Crippen LogP contribution in [0, 0.1) is 0 Å². The summed E-state index contributed by atoms with van der Waals surface area (Å²) in [7, 11) is 0. The molecule has 0 aliphatic rings. The molecule has 0 saturated carbocycles. The van der Waals surface area contributed by atoms with Gasteiger partial charge in [-0.3, -0.25) is 4.79 Å². The predicted molar refractivity (Wildman–Crippen MR) is 43.9 cm³/mol. The smallest absolute Gasteiger partial charge is 0.307 e. The number of rotatable bonds is 4. The van der Waals surface area contributed by atoms with E-state index in [-0.39, 0.29) is 5.97 Å². The lowest BCUT2D eigenvalue weighted by molar-refractivity contribution is -0.135. The zero-order chi connectivity index (χ0) is 7.82. The molecule has 10 heavy (non-hydrogen) atoms. The van der Waals surface area contributed by atoms with E-state index in [1.807, 2.05) is 6.08 Å². The number of esters is 1. The Hall–Kier alpha value is -0.310. The lowest BCUT2D eigenvalue weighted by Gasteiger charge is -1.89. The minimum absolute atomic E-state index is 0.268. The fourth-order valence-electron chi connectivity index (χ4n) is 0.407. The molecule has 0 aliphatic carbocycles. The largest absolute Gasteiger partial charge is 0.435 e. The van der Waals surface area contributed by atoms with Crippen molar-refractivity contribution in [3.05, 3.63) is 12.3 Å². The maximum absolute atomic E-state index is 10.2. The summed E-state index contributed by atoms with van der Waals surface area (Å²) in [4.78, 5) is 10.2. The maximum atomic E-state index is 10.2. The van der Waals surface area contributed by atoms with Gasteiger partial charge in [-0.1, -0.05) is 15.9 Å². The van der Waals surface area contributed by atoms with E-state index in [1.54, 1.807) is 0 Å². The molecule has 0 amide bonds. The Morgan fingerprint density at radius 1 is 1.70 bits per heavy atom. The highest BCUT2D eigenvalue weighted by Crippen LogP contribution is 1.94. The standard InChI is InChI=1S/C7H11BrO2/c1-7(9)10-6-4-2-3-5-8/h4,6H,2-3,5H2,1H3/b6-4-. The van der Waals surface area contributed by atoms with Crippen molar-refractivity contribution in [2.24, 2.45) is 0 Å². The van der Waals surface area contributed by atoms with Gasteiger partial charge < -0.3 is 4.74 Å². The summed E-state index contributed by atoms with van der Waals surface area (Å²) in [5.74, 6) is -0.268. The van der Waals surface area contributed by atoms with E-state index in [2.05, 4.69) is 20.7 Å². The van der Waals surface area contributed by atoms with Crippen molar-refractivity contribution in [1.82, 2.24) is 0 Å². The van der Waals surface area contributed by atoms with Crippen LogP contribution in [0.5, 0.6) is 0 Å². The summed E-state index contributed by atoms with van der Waals surface area (Å²) in [6.07, 6.45) is 5.28. The van der Waals surface area contributed by atoms with Gasteiger partial charge in [-0.05, 0) is 18.9 Å². The van der Waals surface area contributed by atoms with Crippen LogP contribution >= 0.6 is 15.9 Å². The third-order valence-corrected chi connectivity index (χ3v) is 1.40. The number of alkyl halides is 1. The molecule has 0 aromatic heterocycles. The van der Waals surface area contributed by atoms with Gasteiger partial charge in [-0.2, -0.15) is 0 Å². The minimum Gasteiger partial charge on any atom is -0.435 e. The van der Waals surface area contributed by atoms with Crippen LogP contribution in [0.15, 0.2) is 12.3 Å². The van der Waals surface area contributed by atoms with Gasteiger partial charge in [0.05, 0.1) is 6.26 Å². The van der Waals surface area contributed by atoms with Gasteiger partial charge >= 0.3 is 5.97 Å². The van der Waals surface area contributed by atoms with E-state index in [4.69, 9.17) is 0 Å². The number of ether oxygens (including phenoxy) is 1. The first-order chi connectivity index (χ1) is 4.77. The Bertz CT molecular complexity index is 121. The number of allylic oxidation sites excluding steroid dienone is 1. The Morgan fingerprint density at radius 3 is 2.90 bits per heavy atom. The SMILES string of the molecule is CC(=O)O/C=C\CCCBr. The second-order valence-corrected chi connectivity index (χ2v) is 2.61. The zero-order valence-electron chi connectivity index (χ0n) is 5.97. The summed E-state index contributed by atoms with van der Waals surface area (Å²) in [5, 5.41) is 0.984. The highest BCUT2D eigenvalue weighted by Gasteiger charge is 1.83. The van der Waals surface area contributed by atoms with Gasteiger partial charge in [-0.25, -0.2) is 0 Å². The summed E-state index contributed by atoms with van der Waals surface area (Å²) < 4.78 is 4.55. The Labute approximate surface area is 69.4 Å². The molecule has 0 aromatic carbocycles. The molecule has 2 nitrogen and oxygen atoms in total. The molecule has 0 rings (SSSR count). The average molecular weight is 207 g/mol. The Kier molecular flexibility index (Phi) is 6.59. The molecule has 0 atom stereocenters. The highest BCUT2D eigenvalue weighted by molar-refractivity contribution is 9.09. The van der Waals surface area contributed by atoms with E-state index >= 15 is 0 Å². The summed E-state index contributed by atoms with van der Waals surface area (Å²) in [5.41, 5.74) is 0. The topological polar surface area (TPSA) is 26.3 Å². The third-order valence-electron chi connectivity index (χ3n) is 0.835. The van der Waals surface area contributed by atoms with E-state index in [1.165, 1.54) is 13.2 Å². The number of halogens is 1. The van der Waals surface area contributed by atoms with Crippen molar-refractivity contribution in [3.63, 3.8) is 0 Å². The molecule has 0 bridgehead atoms. The van der Waals surface area contributed by atoms with Crippen molar-refractivity contribution in [2.45, 2.75) is 19.8 Å². The quantitative estimate of drug-likeness (QED) is 0.306. The van der Waals surface area contributed by atoms with Crippen LogP contribution in [-0.4, -0.2) is 11.3 Å². The molecule has 0 aliphatic heterocycles. The Morgan fingerprint density at radius 2 is 2.40 bits per heavy atom. The van der Waals surface area contributed by atoms with Gasteiger partial charge in [-0.15, -0.1) is 0 Å². The molecule has 0 aromatic rings. The first-order valence-corrected chi connectivity index (χ1v) is 4.27. The van der Waals surface area contributed by atoms with Crippen LogP contribution in [0.1, 0.15) is 19.8 Å². The molecular weight excluding hydrogens is 196 g/mol. The second-order valence-electron chi connectivity index (χ2n) is 1.81. The molecule has 0 saturated heterocycles. The van der Waals surface area contributed by atoms with Crippen LogP contribution in [0.4, 0.5) is 0 Å².